The van der Waals surface area contributed by atoms with E-state index in [-0.39, 0.29) is 24.2 Å². The molecule has 7 heteroatoms. The fraction of sp³-hybridized carbons (Fsp3) is 0.765. The van der Waals surface area contributed by atoms with E-state index in [0.29, 0.717) is 6.61 Å². The quantitative estimate of drug-likeness (QED) is 0.872. The zero-order valence-corrected chi connectivity index (χ0v) is 15.1. The number of carbonyl (C=O) groups is 1. The zero-order chi connectivity index (χ0) is 17.3. The van der Waals surface area contributed by atoms with Crippen molar-refractivity contribution in [2.45, 2.75) is 51.3 Å². The summed E-state index contributed by atoms with van der Waals surface area (Å²) < 4.78 is 7.81. The zero-order valence-electron chi connectivity index (χ0n) is 15.1. The van der Waals surface area contributed by atoms with Gasteiger partial charge in [0.2, 0.25) is 0 Å². The summed E-state index contributed by atoms with van der Waals surface area (Å²) in [6.45, 7) is 6.78. The van der Waals surface area contributed by atoms with Crippen molar-refractivity contribution < 1.29 is 9.53 Å². The number of piperidine rings is 1. The molecule has 0 radical (unpaired) electrons. The molecule has 7 nitrogen and oxygen atoms in total. The number of nitrogens with zero attached hydrogens (tertiary/aromatic N) is 3. The van der Waals surface area contributed by atoms with Crippen molar-refractivity contribution >= 4 is 6.03 Å². The third kappa shape index (κ3) is 3.57. The minimum absolute atomic E-state index is 0.00198. The number of aromatic nitrogens is 2. The first-order valence-corrected chi connectivity index (χ1v) is 8.83. The topological polar surface area (TPSA) is 71.4 Å². The van der Waals surface area contributed by atoms with Crippen LogP contribution < -0.4 is 10.6 Å². The largest absolute Gasteiger partial charge is 0.371 e. The highest BCUT2D eigenvalue weighted by Crippen LogP contribution is 2.33. The number of ether oxygens (including phenoxy) is 1. The van der Waals surface area contributed by atoms with Crippen LogP contribution in [0.4, 0.5) is 4.79 Å². The molecule has 2 amide bonds. The Morgan fingerprint density at radius 3 is 2.50 bits per heavy atom. The van der Waals surface area contributed by atoms with Crippen LogP contribution in [0.2, 0.25) is 0 Å². The van der Waals surface area contributed by atoms with Gasteiger partial charge >= 0.3 is 6.03 Å². The van der Waals surface area contributed by atoms with Crippen molar-refractivity contribution in [3.63, 3.8) is 0 Å². The van der Waals surface area contributed by atoms with E-state index in [4.69, 9.17) is 4.74 Å². The molecule has 2 aliphatic heterocycles. The van der Waals surface area contributed by atoms with Crippen LogP contribution in [0.15, 0.2) is 0 Å². The van der Waals surface area contributed by atoms with Gasteiger partial charge in [-0.05, 0) is 53.2 Å². The average molecular weight is 335 g/mol. The SMILES string of the molecule is Cc1nn(C)c(C)c1[C@H]1OCC[C@@H]1NC(=O)NC1CCN(C)CC1. The van der Waals surface area contributed by atoms with Crippen LogP contribution in [0, 0.1) is 13.8 Å². The van der Waals surface area contributed by atoms with Crippen molar-refractivity contribution in [3.05, 3.63) is 17.0 Å². The Labute approximate surface area is 143 Å². The second-order valence-corrected chi connectivity index (χ2v) is 7.09. The molecule has 0 unspecified atom stereocenters. The van der Waals surface area contributed by atoms with Gasteiger partial charge in [-0.25, -0.2) is 4.79 Å². The maximum atomic E-state index is 12.4. The molecular formula is C17H29N5O2. The Bertz CT molecular complexity index is 592. The number of amides is 2. The lowest BCUT2D eigenvalue weighted by Crippen LogP contribution is -2.50. The highest BCUT2D eigenvalue weighted by Gasteiger charge is 2.35. The minimum Gasteiger partial charge on any atom is -0.371 e. The van der Waals surface area contributed by atoms with Gasteiger partial charge in [0.05, 0.1) is 11.7 Å². The first kappa shape index (κ1) is 17.2. The van der Waals surface area contributed by atoms with E-state index in [1.807, 2.05) is 25.6 Å². The van der Waals surface area contributed by atoms with Crippen LogP contribution in [-0.2, 0) is 11.8 Å². The number of hydrogen-bond acceptors (Lipinski definition) is 4. The van der Waals surface area contributed by atoms with Crippen molar-refractivity contribution in [3.8, 4) is 0 Å². The predicted molar refractivity (Wildman–Crippen MR) is 92.0 cm³/mol. The molecule has 0 aromatic carbocycles. The summed E-state index contributed by atoms with van der Waals surface area (Å²) in [5, 5.41) is 10.7. The van der Waals surface area contributed by atoms with Crippen LogP contribution in [0.1, 0.15) is 42.3 Å². The maximum Gasteiger partial charge on any atom is 0.315 e. The van der Waals surface area contributed by atoms with Gasteiger partial charge in [-0.3, -0.25) is 4.68 Å². The van der Waals surface area contributed by atoms with Crippen LogP contribution in [0.3, 0.4) is 0 Å². The van der Waals surface area contributed by atoms with E-state index >= 15 is 0 Å². The molecule has 24 heavy (non-hydrogen) atoms. The molecule has 2 atom stereocenters. The molecule has 1 aromatic heterocycles. The van der Waals surface area contributed by atoms with Gasteiger partial charge in [-0.2, -0.15) is 5.10 Å². The van der Waals surface area contributed by atoms with Crippen LogP contribution in [0.5, 0.6) is 0 Å². The van der Waals surface area contributed by atoms with Gasteiger partial charge in [-0.15, -0.1) is 0 Å². The molecule has 0 aliphatic carbocycles. The molecule has 0 bridgehead atoms. The smallest absolute Gasteiger partial charge is 0.315 e. The van der Waals surface area contributed by atoms with Crippen LogP contribution in [0.25, 0.3) is 0 Å². The number of carbonyl (C=O) groups excluding carboxylic acids is 1. The van der Waals surface area contributed by atoms with E-state index in [1.54, 1.807) is 0 Å². The highest BCUT2D eigenvalue weighted by atomic mass is 16.5. The fourth-order valence-corrected chi connectivity index (χ4v) is 3.77. The van der Waals surface area contributed by atoms with Crippen molar-refractivity contribution in [2.75, 3.05) is 26.7 Å². The lowest BCUT2D eigenvalue weighted by molar-refractivity contribution is 0.0986. The lowest BCUT2D eigenvalue weighted by atomic mass is 10.0. The summed E-state index contributed by atoms with van der Waals surface area (Å²) in [7, 11) is 4.06. The number of urea groups is 1. The molecule has 2 N–H and O–H groups in total. The third-order valence-corrected chi connectivity index (χ3v) is 5.31. The Morgan fingerprint density at radius 2 is 1.88 bits per heavy atom. The van der Waals surface area contributed by atoms with E-state index in [1.165, 1.54) is 0 Å². The van der Waals surface area contributed by atoms with Crippen molar-refractivity contribution in [1.29, 1.82) is 0 Å². The van der Waals surface area contributed by atoms with Crippen molar-refractivity contribution in [2.24, 2.45) is 7.05 Å². The summed E-state index contributed by atoms with van der Waals surface area (Å²) in [6.07, 6.45) is 2.74. The standard InChI is InChI=1S/C17H29N5O2/c1-11-15(12(2)22(4)20-11)16-14(7-10-24-16)19-17(23)18-13-5-8-21(3)9-6-13/h13-14,16H,5-10H2,1-4H3,(H2,18,19,23)/t14-,16-/m0/s1. The summed E-state index contributed by atoms with van der Waals surface area (Å²) in [6, 6.07) is 0.186. The first-order valence-electron chi connectivity index (χ1n) is 8.83. The van der Waals surface area contributed by atoms with Gasteiger partial charge in [-0.1, -0.05) is 0 Å². The lowest BCUT2D eigenvalue weighted by Gasteiger charge is -2.30. The van der Waals surface area contributed by atoms with Crippen molar-refractivity contribution in [1.82, 2.24) is 25.3 Å². The molecule has 134 valence electrons. The average Bonchev–Trinajstić information content (AvgIpc) is 3.06. The molecule has 2 saturated heterocycles. The van der Waals surface area contributed by atoms with Crippen LogP contribution in [-0.4, -0.2) is 59.5 Å². The molecule has 0 saturated carbocycles. The Balaban J connectivity index is 1.60. The molecule has 0 spiro atoms. The number of nitrogens with one attached hydrogen (secondary N) is 2. The summed E-state index contributed by atoms with van der Waals surface area (Å²) in [5.74, 6) is 0. The second-order valence-electron chi connectivity index (χ2n) is 7.09. The highest BCUT2D eigenvalue weighted by molar-refractivity contribution is 5.74. The fourth-order valence-electron chi connectivity index (χ4n) is 3.77. The van der Waals surface area contributed by atoms with E-state index < -0.39 is 0 Å². The second kappa shape index (κ2) is 7.11. The summed E-state index contributed by atoms with van der Waals surface area (Å²) in [5.41, 5.74) is 3.19. The molecule has 3 rings (SSSR count). The monoisotopic (exact) mass is 335 g/mol. The van der Waals surface area contributed by atoms with Gasteiger partial charge in [0.15, 0.2) is 0 Å². The molecule has 1 aromatic rings. The molecule has 2 fully saturated rings. The molecule has 2 aliphatic rings. The summed E-state index contributed by atoms with van der Waals surface area (Å²) in [4.78, 5) is 14.7. The summed E-state index contributed by atoms with van der Waals surface area (Å²) >= 11 is 0. The maximum absolute atomic E-state index is 12.4. The predicted octanol–water partition coefficient (Wildman–Crippen LogP) is 1.26. The number of aryl methyl sites for hydroxylation is 2. The number of likely N-dealkylation sites (tertiary alicyclic amines) is 1. The Hall–Kier alpha value is -1.60. The number of hydrogen-bond donors (Lipinski definition) is 2. The third-order valence-electron chi connectivity index (χ3n) is 5.31. The first-order chi connectivity index (χ1) is 11.5. The van der Waals surface area contributed by atoms with E-state index in [2.05, 4.69) is 27.7 Å². The van der Waals surface area contributed by atoms with E-state index in [0.717, 1.165) is 49.3 Å². The van der Waals surface area contributed by atoms with Gasteiger partial charge in [0.1, 0.15) is 6.10 Å². The minimum atomic E-state index is -0.109. The van der Waals surface area contributed by atoms with Gasteiger partial charge in [0, 0.05) is 31.0 Å². The number of rotatable bonds is 3. The van der Waals surface area contributed by atoms with E-state index in [9.17, 15) is 4.79 Å². The van der Waals surface area contributed by atoms with Crippen LogP contribution >= 0.6 is 0 Å². The Kier molecular flexibility index (Phi) is 5.10. The molecule has 3 heterocycles. The normalized spacial score (nSPS) is 25.8. The Morgan fingerprint density at radius 1 is 1.17 bits per heavy atom. The molecular weight excluding hydrogens is 306 g/mol. The van der Waals surface area contributed by atoms with Gasteiger partial charge < -0.3 is 20.3 Å². The van der Waals surface area contributed by atoms with Gasteiger partial charge in [0.25, 0.3) is 0 Å².